The van der Waals surface area contributed by atoms with Gasteiger partial charge in [0.1, 0.15) is 0 Å². The lowest BCUT2D eigenvalue weighted by molar-refractivity contribution is 1.18. The predicted molar refractivity (Wildman–Crippen MR) is 173 cm³/mol. The molecule has 192 valence electrons. The van der Waals surface area contributed by atoms with Crippen LogP contribution in [0.25, 0.3) is 27.5 Å². The Morgan fingerprint density at radius 2 is 1.15 bits per heavy atom. The zero-order valence-electron chi connectivity index (χ0n) is 21.9. The maximum Gasteiger partial charge on any atom is 0.0684 e. The zero-order valence-corrected chi connectivity index (χ0v) is 22.9. The molecule has 0 radical (unpaired) electrons. The molecule has 0 aliphatic carbocycles. The molecule has 0 aliphatic heterocycles. The van der Waals surface area contributed by atoms with Crippen LogP contribution in [0, 0.1) is 0 Å². The molecule has 0 spiro atoms. The molecule has 0 aliphatic rings. The highest BCUT2D eigenvalue weighted by atomic mass is 31.1. The fraction of sp³-hybridized carbons (Fsp3) is 0. The van der Waals surface area contributed by atoms with Crippen LogP contribution in [0.2, 0.25) is 0 Å². The fourth-order valence-corrected chi connectivity index (χ4v) is 6.53. The second-order valence-electron chi connectivity index (χ2n) is 9.71. The van der Waals surface area contributed by atoms with Crippen molar-refractivity contribution in [3.63, 3.8) is 0 Å². The third-order valence-corrected chi connectivity index (χ3v) is 8.43. The van der Waals surface area contributed by atoms with Crippen molar-refractivity contribution in [1.29, 1.82) is 0 Å². The Morgan fingerprint density at radius 3 is 1.95 bits per heavy atom. The average Bonchev–Trinajstić information content (AvgIpc) is 3.35. The van der Waals surface area contributed by atoms with Crippen LogP contribution in [-0.4, -0.2) is 4.57 Å². The molecule has 1 unspecified atom stereocenters. The van der Waals surface area contributed by atoms with Gasteiger partial charge in [-0.1, -0.05) is 97.1 Å². The van der Waals surface area contributed by atoms with Crippen molar-refractivity contribution in [3.05, 3.63) is 158 Å². The number of nitrogens with zero attached hydrogens (tertiary/aromatic N) is 2. The molecule has 3 nitrogen and oxygen atoms in total. The van der Waals surface area contributed by atoms with E-state index in [2.05, 4.69) is 166 Å². The first-order valence-corrected chi connectivity index (χ1v) is 14.4. The van der Waals surface area contributed by atoms with Gasteiger partial charge in [-0.2, -0.15) is 0 Å². The first kappa shape index (κ1) is 24.2. The number of rotatable bonds is 7. The van der Waals surface area contributed by atoms with Gasteiger partial charge in [0.2, 0.25) is 0 Å². The van der Waals surface area contributed by atoms with E-state index in [-0.39, 0.29) is 0 Å². The van der Waals surface area contributed by atoms with Crippen LogP contribution in [-0.2, 0) is 0 Å². The van der Waals surface area contributed by atoms with E-state index >= 15 is 0 Å². The first-order chi connectivity index (χ1) is 19.8. The summed E-state index contributed by atoms with van der Waals surface area (Å²) >= 11 is 0. The van der Waals surface area contributed by atoms with Gasteiger partial charge >= 0.3 is 0 Å². The first-order valence-electron chi connectivity index (χ1n) is 13.5. The van der Waals surface area contributed by atoms with E-state index in [9.17, 15) is 0 Å². The molecule has 7 aromatic rings. The standard InChI is InChI=1S/C36H28N3P/c1-4-14-27(15-5-1)37-33-21-11-13-23-35(33)39(29-18-8-3-9-19-29)40-30-24-25-32-31-20-10-12-22-34(31)38(36(32)26-30)28-16-6-2-7-17-28/h1-26,37,40H. The van der Waals surface area contributed by atoms with E-state index in [1.807, 2.05) is 6.07 Å². The molecule has 40 heavy (non-hydrogen) atoms. The van der Waals surface area contributed by atoms with Crippen LogP contribution in [0.3, 0.4) is 0 Å². The minimum atomic E-state index is 0.392. The molecule has 7 rings (SSSR count). The summed E-state index contributed by atoms with van der Waals surface area (Å²) in [6, 6.07) is 55.8. The highest BCUT2D eigenvalue weighted by molar-refractivity contribution is 7.49. The number of nitrogens with one attached hydrogen (secondary N) is 1. The van der Waals surface area contributed by atoms with Crippen molar-refractivity contribution in [2.45, 2.75) is 0 Å². The maximum atomic E-state index is 3.65. The lowest BCUT2D eigenvalue weighted by Crippen LogP contribution is -2.12. The zero-order chi connectivity index (χ0) is 26.7. The monoisotopic (exact) mass is 533 g/mol. The van der Waals surface area contributed by atoms with Crippen LogP contribution < -0.4 is 15.3 Å². The molecule has 0 bridgehead atoms. The van der Waals surface area contributed by atoms with E-state index in [1.54, 1.807) is 0 Å². The summed E-state index contributed by atoms with van der Waals surface area (Å²) in [5, 5.41) is 7.46. The Bertz CT molecular complexity index is 1900. The quantitative estimate of drug-likeness (QED) is 0.206. The van der Waals surface area contributed by atoms with Gasteiger partial charge in [-0.25, -0.2) is 0 Å². The highest BCUT2D eigenvalue weighted by Crippen LogP contribution is 2.42. The van der Waals surface area contributed by atoms with Crippen LogP contribution in [0.1, 0.15) is 0 Å². The summed E-state index contributed by atoms with van der Waals surface area (Å²) in [5.74, 6) is 0. The van der Waals surface area contributed by atoms with E-state index in [1.165, 1.54) is 32.8 Å². The molecular formula is C36H28N3P. The smallest absolute Gasteiger partial charge is 0.0684 e. The maximum absolute atomic E-state index is 3.65. The Hall–Kier alpha value is -4.85. The summed E-state index contributed by atoms with van der Waals surface area (Å²) in [5.41, 5.74) is 8.06. The van der Waals surface area contributed by atoms with E-state index in [0.29, 0.717) is 8.73 Å². The number of hydrogen-bond acceptors (Lipinski definition) is 2. The number of fused-ring (bicyclic) bond motifs is 3. The second-order valence-corrected chi connectivity index (χ2v) is 11.0. The summed E-state index contributed by atoms with van der Waals surface area (Å²) in [6.45, 7) is 0. The van der Waals surface area contributed by atoms with E-state index in [4.69, 9.17) is 0 Å². The predicted octanol–water partition coefficient (Wildman–Crippen LogP) is 9.58. The third kappa shape index (κ3) is 4.62. The Kier molecular flexibility index (Phi) is 6.49. The van der Waals surface area contributed by atoms with Gasteiger partial charge in [0.15, 0.2) is 0 Å². The summed E-state index contributed by atoms with van der Waals surface area (Å²) < 4.78 is 4.80. The molecule has 4 heteroatoms. The van der Waals surface area contributed by atoms with Crippen molar-refractivity contribution >= 4 is 58.6 Å². The average molecular weight is 534 g/mol. The van der Waals surface area contributed by atoms with Crippen LogP contribution in [0.4, 0.5) is 22.7 Å². The van der Waals surface area contributed by atoms with Gasteiger partial charge in [-0.05, 0) is 66.0 Å². The number of aromatic nitrogens is 1. The Balaban J connectivity index is 1.36. The van der Waals surface area contributed by atoms with Crippen molar-refractivity contribution in [1.82, 2.24) is 4.57 Å². The summed E-state index contributed by atoms with van der Waals surface area (Å²) in [7, 11) is 0.392. The minimum Gasteiger partial charge on any atom is -0.354 e. The number of hydrogen-bond donors (Lipinski definition) is 1. The minimum absolute atomic E-state index is 0.392. The molecule has 1 N–H and O–H groups in total. The van der Waals surface area contributed by atoms with E-state index in [0.717, 1.165) is 22.7 Å². The topological polar surface area (TPSA) is 20.2 Å². The Morgan fingerprint density at radius 1 is 0.525 bits per heavy atom. The molecule has 1 atom stereocenters. The second kappa shape index (κ2) is 10.7. The molecular weight excluding hydrogens is 505 g/mol. The van der Waals surface area contributed by atoms with Gasteiger partial charge in [0.25, 0.3) is 0 Å². The van der Waals surface area contributed by atoms with Gasteiger partial charge < -0.3 is 14.6 Å². The SMILES string of the molecule is c1ccc(Nc2ccccc2N(Pc2ccc3c4ccccc4n(-c4ccccc4)c3c2)c2ccccc2)cc1. The van der Waals surface area contributed by atoms with Crippen molar-refractivity contribution in [2.24, 2.45) is 0 Å². The van der Waals surface area contributed by atoms with Gasteiger partial charge in [-0.3, -0.25) is 0 Å². The lowest BCUT2D eigenvalue weighted by Gasteiger charge is -2.27. The number of anilines is 4. The third-order valence-electron chi connectivity index (χ3n) is 7.14. The number of para-hydroxylation sites is 6. The normalized spacial score (nSPS) is 11.4. The van der Waals surface area contributed by atoms with E-state index < -0.39 is 0 Å². The van der Waals surface area contributed by atoms with Gasteiger partial charge in [0.05, 0.1) is 22.4 Å². The summed E-state index contributed by atoms with van der Waals surface area (Å²) in [4.78, 5) is 0. The Labute approximate surface area is 236 Å². The van der Waals surface area contributed by atoms with Crippen molar-refractivity contribution in [3.8, 4) is 5.69 Å². The molecule has 6 aromatic carbocycles. The number of benzene rings is 6. The molecule has 1 aromatic heterocycles. The molecule has 0 saturated heterocycles. The fourth-order valence-electron chi connectivity index (χ4n) is 5.32. The van der Waals surface area contributed by atoms with Crippen LogP contribution in [0.5, 0.6) is 0 Å². The van der Waals surface area contributed by atoms with Crippen LogP contribution in [0.15, 0.2) is 158 Å². The molecule has 0 fully saturated rings. The lowest BCUT2D eigenvalue weighted by atomic mass is 10.2. The molecule has 0 saturated carbocycles. The molecule has 0 amide bonds. The van der Waals surface area contributed by atoms with Gasteiger partial charge in [-0.15, -0.1) is 0 Å². The highest BCUT2D eigenvalue weighted by Gasteiger charge is 2.17. The van der Waals surface area contributed by atoms with Crippen molar-refractivity contribution in [2.75, 3.05) is 9.99 Å². The van der Waals surface area contributed by atoms with Crippen LogP contribution >= 0.6 is 8.73 Å². The summed E-state index contributed by atoms with van der Waals surface area (Å²) in [6.07, 6.45) is 0. The largest absolute Gasteiger partial charge is 0.354 e. The van der Waals surface area contributed by atoms with Gasteiger partial charge in [0, 0.05) is 36.6 Å². The molecule has 1 heterocycles. The van der Waals surface area contributed by atoms with Crippen molar-refractivity contribution < 1.29 is 0 Å².